The first kappa shape index (κ1) is 12.3. The molecule has 2 rings (SSSR count). The molecule has 1 heterocycles. The fraction of sp³-hybridized carbons (Fsp3) is 0.231. The number of rotatable bonds is 3. The molecular formula is C13H12O5. The lowest BCUT2D eigenvalue weighted by Crippen LogP contribution is -2.04. The number of fused-ring (bicyclic) bond motifs is 1. The third kappa shape index (κ3) is 2.26. The summed E-state index contributed by atoms with van der Waals surface area (Å²) in [7, 11) is 0. The van der Waals surface area contributed by atoms with Crippen molar-refractivity contribution in [2.75, 3.05) is 0 Å². The maximum absolute atomic E-state index is 11.7. The number of aliphatic hydroxyl groups excluding tert-OH is 1. The Hall–Kier alpha value is -2.14. The molecule has 5 nitrogen and oxygen atoms in total. The number of aromatic hydroxyl groups is 1. The van der Waals surface area contributed by atoms with Gasteiger partial charge in [-0.25, -0.2) is 0 Å². The minimum atomic E-state index is -0.424. The minimum absolute atomic E-state index is 0.0551. The van der Waals surface area contributed by atoms with E-state index in [1.807, 2.05) is 0 Å². The Morgan fingerprint density at radius 3 is 2.67 bits per heavy atom. The van der Waals surface area contributed by atoms with Gasteiger partial charge in [-0.3, -0.25) is 9.59 Å². The molecule has 0 aliphatic heterocycles. The van der Waals surface area contributed by atoms with E-state index in [1.54, 1.807) is 0 Å². The van der Waals surface area contributed by atoms with Gasteiger partial charge < -0.3 is 14.6 Å². The summed E-state index contributed by atoms with van der Waals surface area (Å²) >= 11 is 0. The van der Waals surface area contributed by atoms with Crippen molar-refractivity contribution in [3.8, 4) is 5.75 Å². The Labute approximate surface area is 102 Å². The Balaban J connectivity index is 2.70. The normalized spacial score (nSPS) is 10.8. The zero-order valence-electron chi connectivity index (χ0n) is 9.77. The van der Waals surface area contributed by atoms with Crippen LogP contribution in [0.2, 0.25) is 0 Å². The zero-order chi connectivity index (χ0) is 13.3. The lowest BCUT2D eigenvalue weighted by Gasteiger charge is -2.05. The second-order valence-corrected chi connectivity index (χ2v) is 4.10. The topological polar surface area (TPSA) is 87.7 Å². The van der Waals surface area contributed by atoms with Gasteiger partial charge in [0.25, 0.3) is 0 Å². The van der Waals surface area contributed by atoms with Crippen LogP contribution in [-0.4, -0.2) is 16.0 Å². The standard InChI is InChI=1S/C13H12O5/c1-7(15)2-8-3-10(16)13-11(17)5-9(6-14)18-12(13)4-8/h3-5,14,16H,2,6H2,1H3. The Kier molecular flexibility index (Phi) is 3.16. The van der Waals surface area contributed by atoms with Crippen LogP contribution in [0.3, 0.4) is 0 Å². The largest absolute Gasteiger partial charge is 0.507 e. The van der Waals surface area contributed by atoms with Crippen molar-refractivity contribution in [3.05, 3.63) is 39.7 Å². The summed E-state index contributed by atoms with van der Waals surface area (Å²) in [5.41, 5.74) is 0.306. The fourth-order valence-corrected chi connectivity index (χ4v) is 1.84. The molecule has 1 aromatic heterocycles. The molecule has 2 aromatic rings. The van der Waals surface area contributed by atoms with Gasteiger partial charge in [0.05, 0.1) is 0 Å². The minimum Gasteiger partial charge on any atom is -0.507 e. The number of phenolic OH excluding ortho intramolecular Hbond substituents is 1. The number of hydrogen-bond donors (Lipinski definition) is 2. The highest BCUT2D eigenvalue weighted by Gasteiger charge is 2.11. The highest BCUT2D eigenvalue weighted by molar-refractivity contribution is 5.86. The molecule has 0 unspecified atom stereocenters. The van der Waals surface area contributed by atoms with Gasteiger partial charge in [0.15, 0.2) is 5.43 Å². The lowest BCUT2D eigenvalue weighted by molar-refractivity contribution is -0.116. The third-order valence-electron chi connectivity index (χ3n) is 2.53. The SMILES string of the molecule is CC(=O)Cc1cc(O)c2c(=O)cc(CO)oc2c1. The number of Topliss-reactive ketones (excluding diaryl/α,β-unsaturated/α-hetero) is 1. The monoisotopic (exact) mass is 248 g/mol. The fourth-order valence-electron chi connectivity index (χ4n) is 1.84. The van der Waals surface area contributed by atoms with Gasteiger partial charge in [-0.15, -0.1) is 0 Å². The van der Waals surface area contributed by atoms with Crippen molar-refractivity contribution in [2.24, 2.45) is 0 Å². The van der Waals surface area contributed by atoms with Crippen LogP contribution in [0.5, 0.6) is 5.75 Å². The molecule has 0 saturated carbocycles. The summed E-state index contributed by atoms with van der Waals surface area (Å²) < 4.78 is 5.27. The van der Waals surface area contributed by atoms with Crippen LogP contribution < -0.4 is 5.43 Å². The predicted molar refractivity (Wildman–Crippen MR) is 64.5 cm³/mol. The van der Waals surface area contributed by atoms with Gasteiger partial charge in [0, 0.05) is 12.5 Å². The van der Waals surface area contributed by atoms with E-state index in [1.165, 1.54) is 19.1 Å². The molecule has 5 heteroatoms. The van der Waals surface area contributed by atoms with Gasteiger partial charge in [0.1, 0.15) is 34.9 Å². The van der Waals surface area contributed by atoms with Crippen molar-refractivity contribution < 1.29 is 19.4 Å². The summed E-state index contributed by atoms with van der Waals surface area (Å²) in [6.07, 6.45) is 0.149. The van der Waals surface area contributed by atoms with Gasteiger partial charge >= 0.3 is 0 Å². The zero-order valence-corrected chi connectivity index (χ0v) is 9.77. The Morgan fingerprint density at radius 1 is 1.33 bits per heavy atom. The number of aliphatic hydroxyl groups is 1. The van der Waals surface area contributed by atoms with Gasteiger partial charge in [-0.1, -0.05) is 0 Å². The van der Waals surface area contributed by atoms with E-state index in [-0.39, 0.29) is 34.7 Å². The molecule has 0 aliphatic carbocycles. The van der Waals surface area contributed by atoms with E-state index in [4.69, 9.17) is 9.52 Å². The summed E-state index contributed by atoms with van der Waals surface area (Å²) in [5, 5.41) is 18.8. The van der Waals surface area contributed by atoms with Crippen molar-refractivity contribution in [3.63, 3.8) is 0 Å². The Morgan fingerprint density at radius 2 is 2.06 bits per heavy atom. The first-order chi connectivity index (χ1) is 8.51. The Bertz CT molecular complexity index is 669. The summed E-state index contributed by atoms with van der Waals surface area (Å²) in [6.45, 7) is 1.03. The molecular weight excluding hydrogens is 236 g/mol. The average molecular weight is 248 g/mol. The van der Waals surface area contributed by atoms with Crippen LogP contribution in [0.25, 0.3) is 11.0 Å². The van der Waals surface area contributed by atoms with E-state index < -0.39 is 12.0 Å². The molecule has 1 aromatic carbocycles. The van der Waals surface area contributed by atoms with E-state index in [9.17, 15) is 14.7 Å². The molecule has 0 atom stereocenters. The molecule has 0 aliphatic rings. The predicted octanol–water partition coefficient (Wildman–Crippen LogP) is 1.12. The lowest BCUT2D eigenvalue weighted by atomic mass is 10.1. The summed E-state index contributed by atoms with van der Waals surface area (Å²) in [5.74, 6) is -0.164. The second-order valence-electron chi connectivity index (χ2n) is 4.10. The molecule has 0 saturated heterocycles. The molecule has 0 fully saturated rings. The molecule has 0 bridgehead atoms. The van der Waals surface area contributed by atoms with Gasteiger partial charge in [-0.05, 0) is 24.6 Å². The van der Waals surface area contributed by atoms with E-state index in [0.717, 1.165) is 6.07 Å². The van der Waals surface area contributed by atoms with Gasteiger partial charge in [-0.2, -0.15) is 0 Å². The van der Waals surface area contributed by atoms with E-state index in [2.05, 4.69) is 0 Å². The maximum atomic E-state index is 11.7. The molecule has 0 amide bonds. The number of carbonyl (C=O) groups excluding carboxylic acids is 1. The van der Waals surface area contributed by atoms with Crippen LogP contribution in [-0.2, 0) is 17.8 Å². The van der Waals surface area contributed by atoms with Gasteiger partial charge in [0.2, 0.25) is 0 Å². The molecule has 18 heavy (non-hydrogen) atoms. The maximum Gasteiger partial charge on any atom is 0.196 e. The van der Waals surface area contributed by atoms with Crippen molar-refractivity contribution in [1.82, 2.24) is 0 Å². The van der Waals surface area contributed by atoms with Crippen molar-refractivity contribution in [1.29, 1.82) is 0 Å². The van der Waals surface area contributed by atoms with Crippen LogP contribution in [0, 0.1) is 0 Å². The first-order valence-corrected chi connectivity index (χ1v) is 5.40. The van der Waals surface area contributed by atoms with E-state index in [0.29, 0.717) is 5.56 Å². The molecule has 94 valence electrons. The summed E-state index contributed by atoms with van der Waals surface area (Å²) in [4.78, 5) is 22.8. The number of benzene rings is 1. The number of hydrogen-bond acceptors (Lipinski definition) is 5. The van der Waals surface area contributed by atoms with E-state index >= 15 is 0 Å². The highest BCUT2D eigenvalue weighted by atomic mass is 16.4. The number of carbonyl (C=O) groups is 1. The number of ketones is 1. The molecule has 0 radical (unpaired) electrons. The van der Waals surface area contributed by atoms with Crippen molar-refractivity contribution >= 4 is 16.8 Å². The van der Waals surface area contributed by atoms with Crippen LogP contribution in [0.1, 0.15) is 18.2 Å². The quantitative estimate of drug-likeness (QED) is 0.849. The highest BCUT2D eigenvalue weighted by Crippen LogP contribution is 2.25. The third-order valence-corrected chi connectivity index (χ3v) is 2.53. The van der Waals surface area contributed by atoms with Crippen LogP contribution >= 0.6 is 0 Å². The smallest absolute Gasteiger partial charge is 0.196 e. The molecule has 2 N–H and O–H groups in total. The van der Waals surface area contributed by atoms with Crippen LogP contribution in [0.4, 0.5) is 0 Å². The van der Waals surface area contributed by atoms with Crippen LogP contribution in [0.15, 0.2) is 27.4 Å². The number of phenols is 1. The second kappa shape index (κ2) is 4.62. The van der Waals surface area contributed by atoms with Crippen molar-refractivity contribution in [2.45, 2.75) is 20.0 Å². The molecule has 0 spiro atoms. The first-order valence-electron chi connectivity index (χ1n) is 5.40. The summed E-state index contributed by atoms with van der Waals surface area (Å²) in [6, 6.07) is 4.03. The average Bonchev–Trinajstić information content (AvgIpc) is 2.26.